The van der Waals surface area contributed by atoms with E-state index in [1.165, 1.54) is 0 Å². The van der Waals surface area contributed by atoms with Crippen LogP contribution in [0.25, 0.3) is 0 Å². The molecule has 2 unspecified atom stereocenters. The zero-order valence-electron chi connectivity index (χ0n) is 15.4. The number of rotatable bonds is 9. The van der Waals surface area contributed by atoms with Crippen LogP contribution in [-0.4, -0.2) is 50.8 Å². The van der Waals surface area contributed by atoms with E-state index < -0.39 is 0 Å². The van der Waals surface area contributed by atoms with E-state index in [4.69, 9.17) is 4.74 Å². The fourth-order valence-electron chi connectivity index (χ4n) is 3.43. The highest BCUT2D eigenvalue weighted by Gasteiger charge is 2.53. The van der Waals surface area contributed by atoms with Crippen LogP contribution >= 0.6 is 0 Å². The van der Waals surface area contributed by atoms with Gasteiger partial charge in [0.25, 0.3) is 0 Å². The number of nitrogens with one attached hydrogen (secondary N) is 3. The molecule has 0 aromatic heterocycles. The molecule has 0 saturated heterocycles. The van der Waals surface area contributed by atoms with Gasteiger partial charge < -0.3 is 20.7 Å². The molecule has 0 heterocycles. The van der Waals surface area contributed by atoms with Crippen LogP contribution in [0.15, 0.2) is 4.99 Å². The molecule has 1 aliphatic rings. The first-order valence-electron chi connectivity index (χ1n) is 8.93. The van der Waals surface area contributed by atoms with Crippen LogP contribution in [0, 0.1) is 5.41 Å². The van der Waals surface area contributed by atoms with Gasteiger partial charge >= 0.3 is 0 Å². The van der Waals surface area contributed by atoms with Gasteiger partial charge in [-0.25, -0.2) is 0 Å². The molecule has 1 aliphatic carbocycles. The minimum atomic E-state index is -0.00662. The third-order valence-electron chi connectivity index (χ3n) is 4.99. The Bertz CT molecular complexity index is 394. The van der Waals surface area contributed by atoms with Crippen LogP contribution < -0.4 is 16.0 Å². The fraction of sp³-hybridized carbons (Fsp3) is 0.882. The van der Waals surface area contributed by atoms with Crippen molar-refractivity contribution < 1.29 is 9.53 Å². The largest absolute Gasteiger partial charge is 0.378 e. The highest BCUT2D eigenvalue weighted by atomic mass is 16.5. The number of ether oxygens (including phenoxy) is 1. The van der Waals surface area contributed by atoms with Crippen LogP contribution in [0.1, 0.15) is 53.4 Å². The first kappa shape index (κ1) is 19.7. The molecule has 0 aliphatic heterocycles. The summed E-state index contributed by atoms with van der Waals surface area (Å²) in [6.45, 7) is 10.2. The summed E-state index contributed by atoms with van der Waals surface area (Å²) in [6.07, 6.45) is 4.37. The van der Waals surface area contributed by atoms with Crippen molar-refractivity contribution in [3.63, 3.8) is 0 Å². The molecule has 1 saturated carbocycles. The Kier molecular flexibility index (Phi) is 8.37. The molecule has 6 heteroatoms. The van der Waals surface area contributed by atoms with E-state index >= 15 is 0 Å². The number of guanidine groups is 1. The van der Waals surface area contributed by atoms with Gasteiger partial charge in [0.05, 0.1) is 12.6 Å². The minimum Gasteiger partial charge on any atom is -0.378 e. The predicted octanol–water partition coefficient (Wildman–Crippen LogP) is 1.66. The summed E-state index contributed by atoms with van der Waals surface area (Å²) >= 11 is 0. The lowest BCUT2D eigenvalue weighted by molar-refractivity contribution is -0.133. The van der Waals surface area contributed by atoms with Crippen molar-refractivity contribution in [1.29, 1.82) is 0 Å². The van der Waals surface area contributed by atoms with E-state index in [2.05, 4.69) is 34.8 Å². The van der Waals surface area contributed by atoms with E-state index in [9.17, 15) is 4.79 Å². The Labute approximate surface area is 140 Å². The van der Waals surface area contributed by atoms with Gasteiger partial charge in [-0.1, -0.05) is 20.8 Å². The van der Waals surface area contributed by atoms with Gasteiger partial charge in [-0.05, 0) is 32.6 Å². The molecular weight excluding hydrogens is 292 g/mol. The summed E-state index contributed by atoms with van der Waals surface area (Å²) in [4.78, 5) is 15.9. The first-order chi connectivity index (χ1) is 11.1. The van der Waals surface area contributed by atoms with Crippen molar-refractivity contribution in [2.75, 3.05) is 26.7 Å². The normalized spacial score (nSPS) is 23.1. The highest BCUT2D eigenvalue weighted by Crippen LogP contribution is 2.48. The topological polar surface area (TPSA) is 74.8 Å². The van der Waals surface area contributed by atoms with Crippen LogP contribution in [0.2, 0.25) is 0 Å². The van der Waals surface area contributed by atoms with Crippen molar-refractivity contribution in [2.24, 2.45) is 10.4 Å². The van der Waals surface area contributed by atoms with Gasteiger partial charge in [0.2, 0.25) is 5.91 Å². The Balaban J connectivity index is 2.54. The van der Waals surface area contributed by atoms with E-state index in [-0.39, 0.29) is 17.9 Å². The molecule has 23 heavy (non-hydrogen) atoms. The standard InChI is InChI=1S/C17H34N4O2/c1-6-10-19-15(22)12-20-16(18-5)21-13-11-14(23-9-4)17(13,7-2)8-3/h13-14H,6-12H2,1-5H3,(H,19,22)(H2,18,20,21). The molecule has 0 radical (unpaired) electrons. The maximum Gasteiger partial charge on any atom is 0.239 e. The van der Waals surface area contributed by atoms with E-state index in [1.807, 2.05) is 13.8 Å². The van der Waals surface area contributed by atoms with Crippen molar-refractivity contribution in [3.8, 4) is 0 Å². The van der Waals surface area contributed by atoms with E-state index in [0.717, 1.165) is 32.3 Å². The molecule has 0 aromatic rings. The second kappa shape index (κ2) is 9.75. The highest BCUT2D eigenvalue weighted by molar-refractivity contribution is 5.86. The number of carbonyl (C=O) groups is 1. The SMILES string of the molecule is CCCNC(=O)CNC(=NC)NC1CC(OCC)C1(CC)CC. The van der Waals surface area contributed by atoms with Crippen LogP contribution in [-0.2, 0) is 9.53 Å². The lowest BCUT2D eigenvalue weighted by Crippen LogP contribution is -2.65. The van der Waals surface area contributed by atoms with Gasteiger partial charge in [-0.15, -0.1) is 0 Å². The third kappa shape index (κ3) is 4.83. The monoisotopic (exact) mass is 326 g/mol. The van der Waals surface area contributed by atoms with E-state index in [0.29, 0.717) is 24.7 Å². The first-order valence-corrected chi connectivity index (χ1v) is 8.93. The summed E-state index contributed by atoms with van der Waals surface area (Å²) < 4.78 is 5.90. The summed E-state index contributed by atoms with van der Waals surface area (Å²) in [6, 6.07) is 0.332. The van der Waals surface area contributed by atoms with Crippen LogP contribution in [0.3, 0.4) is 0 Å². The Morgan fingerprint density at radius 2 is 1.91 bits per heavy atom. The maximum absolute atomic E-state index is 11.7. The number of hydrogen-bond acceptors (Lipinski definition) is 3. The smallest absolute Gasteiger partial charge is 0.239 e. The van der Waals surface area contributed by atoms with Gasteiger partial charge in [0, 0.05) is 31.7 Å². The molecule has 0 bridgehead atoms. The summed E-state index contributed by atoms with van der Waals surface area (Å²) in [5.74, 6) is 0.677. The lowest BCUT2D eigenvalue weighted by atomic mass is 9.58. The Morgan fingerprint density at radius 1 is 1.22 bits per heavy atom. The van der Waals surface area contributed by atoms with Crippen molar-refractivity contribution in [2.45, 2.75) is 65.5 Å². The molecule has 6 nitrogen and oxygen atoms in total. The van der Waals surface area contributed by atoms with Gasteiger partial charge in [-0.3, -0.25) is 9.79 Å². The predicted molar refractivity (Wildman–Crippen MR) is 94.6 cm³/mol. The summed E-state index contributed by atoms with van der Waals surface area (Å²) in [5.41, 5.74) is 0.151. The lowest BCUT2D eigenvalue weighted by Gasteiger charge is -2.55. The zero-order valence-corrected chi connectivity index (χ0v) is 15.4. The zero-order chi connectivity index (χ0) is 17.3. The van der Waals surface area contributed by atoms with E-state index in [1.54, 1.807) is 7.05 Å². The minimum absolute atomic E-state index is 0.00662. The average Bonchev–Trinajstić information content (AvgIpc) is 2.56. The molecule has 1 fully saturated rings. The van der Waals surface area contributed by atoms with Crippen LogP contribution in [0.5, 0.6) is 0 Å². The second-order valence-corrected chi connectivity index (χ2v) is 6.09. The number of hydrogen-bond donors (Lipinski definition) is 3. The molecule has 0 spiro atoms. The number of amides is 1. The van der Waals surface area contributed by atoms with Gasteiger partial charge in [0.15, 0.2) is 5.96 Å². The van der Waals surface area contributed by atoms with Gasteiger partial charge in [0.1, 0.15) is 0 Å². The third-order valence-corrected chi connectivity index (χ3v) is 4.99. The fourth-order valence-corrected chi connectivity index (χ4v) is 3.43. The van der Waals surface area contributed by atoms with Crippen molar-refractivity contribution >= 4 is 11.9 Å². The molecule has 0 aromatic carbocycles. The Morgan fingerprint density at radius 3 is 2.43 bits per heavy atom. The molecule has 3 N–H and O–H groups in total. The molecular formula is C17H34N4O2. The van der Waals surface area contributed by atoms with Crippen LogP contribution in [0.4, 0.5) is 0 Å². The Hall–Kier alpha value is -1.30. The molecule has 1 rings (SSSR count). The molecule has 2 atom stereocenters. The number of nitrogens with zero attached hydrogens (tertiary/aromatic N) is 1. The second-order valence-electron chi connectivity index (χ2n) is 6.09. The van der Waals surface area contributed by atoms with Gasteiger partial charge in [-0.2, -0.15) is 0 Å². The van der Waals surface area contributed by atoms with Crippen molar-refractivity contribution in [1.82, 2.24) is 16.0 Å². The molecule has 1 amide bonds. The summed E-state index contributed by atoms with van der Waals surface area (Å²) in [7, 11) is 1.73. The maximum atomic E-state index is 11.7. The van der Waals surface area contributed by atoms with Crippen molar-refractivity contribution in [3.05, 3.63) is 0 Å². The quantitative estimate of drug-likeness (QED) is 0.445. The average molecular weight is 326 g/mol. The molecule has 134 valence electrons. The number of aliphatic imine (C=N–C) groups is 1. The summed E-state index contributed by atoms with van der Waals surface area (Å²) in [5, 5.41) is 9.42. The number of carbonyl (C=O) groups excluding carboxylic acids is 1.